The van der Waals surface area contributed by atoms with E-state index in [-0.39, 0.29) is 30.6 Å². The fourth-order valence-electron chi connectivity index (χ4n) is 1.34. The number of amides is 2. The zero-order chi connectivity index (χ0) is 13.6. The highest BCUT2D eigenvalue weighted by molar-refractivity contribution is 5.76. The zero-order valence-corrected chi connectivity index (χ0v) is 11.4. The molecule has 0 spiro atoms. The lowest BCUT2D eigenvalue weighted by Crippen LogP contribution is -2.52. The van der Waals surface area contributed by atoms with Crippen LogP contribution in [0.4, 0.5) is 4.79 Å². The number of carbonyl (C=O) groups is 2. The van der Waals surface area contributed by atoms with Crippen LogP contribution in [0.2, 0.25) is 0 Å². The first kappa shape index (κ1) is 15.7. The Hall–Kier alpha value is -1.26. The molecule has 5 nitrogen and oxygen atoms in total. The Labute approximate surface area is 103 Å². The van der Waals surface area contributed by atoms with Gasteiger partial charge < -0.3 is 15.3 Å². The second-order valence-corrected chi connectivity index (χ2v) is 5.22. The number of urea groups is 1. The Bertz CT molecular complexity index is 271. The Morgan fingerprint density at radius 3 is 2.24 bits per heavy atom. The minimum Gasteiger partial charge on any atom is -0.481 e. The lowest BCUT2D eigenvalue weighted by molar-refractivity contribution is -0.137. The van der Waals surface area contributed by atoms with Crippen LogP contribution in [0.25, 0.3) is 0 Å². The van der Waals surface area contributed by atoms with Crippen LogP contribution in [0.5, 0.6) is 0 Å². The first-order valence-corrected chi connectivity index (χ1v) is 5.98. The van der Waals surface area contributed by atoms with E-state index in [1.54, 1.807) is 4.90 Å². The van der Waals surface area contributed by atoms with Gasteiger partial charge in [0, 0.05) is 18.1 Å². The van der Waals surface area contributed by atoms with E-state index < -0.39 is 5.97 Å². The monoisotopic (exact) mass is 244 g/mol. The second-order valence-electron chi connectivity index (χ2n) is 5.22. The van der Waals surface area contributed by atoms with Crippen molar-refractivity contribution in [3.63, 3.8) is 0 Å². The van der Waals surface area contributed by atoms with Crippen molar-refractivity contribution in [2.75, 3.05) is 6.54 Å². The zero-order valence-electron chi connectivity index (χ0n) is 11.4. The molecule has 5 heteroatoms. The maximum atomic E-state index is 12.0. The molecule has 1 atom stereocenters. The summed E-state index contributed by atoms with van der Waals surface area (Å²) in [7, 11) is 0. The Balaban J connectivity index is 4.57. The average Bonchev–Trinajstić information content (AvgIpc) is 2.14. The summed E-state index contributed by atoms with van der Waals surface area (Å²) in [4.78, 5) is 24.1. The minimum atomic E-state index is -0.893. The topological polar surface area (TPSA) is 69.6 Å². The van der Waals surface area contributed by atoms with Gasteiger partial charge in [0.15, 0.2) is 0 Å². The molecule has 0 radical (unpaired) electrons. The van der Waals surface area contributed by atoms with Crippen molar-refractivity contribution < 1.29 is 14.7 Å². The molecular weight excluding hydrogens is 220 g/mol. The molecule has 0 aromatic carbocycles. The van der Waals surface area contributed by atoms with Crippen LogP contribution in [0.3, 0.4) is 0 Å². The predicted octanol–water partition coefficient (Wildman–Crippen LogP) is 2.07. The summed E-state index contributed by atoms with van der Waals surface area (Å²) in [5.74, 6) is -0.893. The number of nitrogens with zero attached hydrogens (tertiary/aromatic N) is 1. The number of carboxylic acid groups (broad SMARTS) is 1. The van der Waals surface area contributed by atoms with Crippen LogP contribution in [0.15, 0.2) is 0 Å². The third-order valence-electron chi connectivity index (χ3n) is 2.59. The first-order valence-electron chi connectivity index (χ1n) is 5.98. The summed E-state index contributed by atoms with van der Waals surface area (Å²) in [5, 5.41) is 11.5. The Morgan fingerprint density at radius 1 is 1.35 bits per heavy atom. The van der Waals surface area contributed by atoms with E-state index in [4.69, 9.17) is 5.11 Å². The van der Waals surface area contributed by atoms with Gasteiger partial charge in [-0.3, -0.25) is 4.79 Å². The molecule has 0 aromatic heterocycles. The maximum absolute atomic E-state index is 12.0. The molecule has 2 amide bonds. The highest BCUT2D eigenvalue weighted by Gasteiger charge is 2.27. The van der Waals surface area contributed by atoms with Crippen LogP contribution in [0, 0.1) is 0 Å². The molecule has 2 N–H and O–H groups in total. The largest absolute Gasteiger partial charge is 0.481 e. The van der Waals surface area contributed by atoms with Gasteiger partial charge in [-0.2, -0.15) is 0 Å². The van der Waals surface area contributed by atoms with E-state index in [2.05, 4.69) is 5.32 Å². The molecule has 0 aliphatic carbocycles. The highest BCUT2D eigenvalue weighted by atomic mass is 16.4. The molecule has 0 aliphatic heterocycles. The summed E-state index contributed by atoms with van der Waals surface area (Å²) in [6.45, 7) is 9.82. The van der Waals surface area contributed by atoms with Crippen LogP contribution in [-0.2, 0) is 4.79 Å². The van der Waals surface area contributed by atoms with E-state index >= 15 is 0 Å². The van der Waals surface area contributed by atoms with Gasteiger partial charge in [-0.1, -0.05) is 6.92 Å². The maximum Gasteiger partial charge on any atom is 0.318 e. The third-order valence-corrected chi connectivity index (χ3v) is 2.59. The van der Waals surface area contributed by atoms with Crippen molar-refractivity contribution in [1.82, 2.24) is 10.2 Å². The normalized spacial score (nSPS) is 13.0. The Kier molecular flexibility index (Phi) is 5.99. The standard InChI is InChI=1S/C12H24N2O3/c1-6-9(2)13-11(17)14(12(3,4)5)8-7-10(15)16/h9H,6-8H2,1-5H3,(H,13,17)(H,15,16). The molecule has 0 saturated carbocycles. The molecule has 17 heavy (non-hydrogen) atoms. The van der Waals surface area contributed by atoms with Crippen molar-refractivity contribution in [1.29, 1.82) is 0 Å². The van der Waals surface area contributed by atoms with Gasteiger partial charge in [-0.25, -0.2) is 4.79 Å². The van der Waals surface area contributed by atoms with E-state index in [0.29, 0.717) is 0 Å². The van der Waals surface area contributed by atoms with E-state index in [0.717, 1.165) is 6.42 Å². The molecule has 0 rings (SSSR count). The van der Waals surface area contributed by atoms with Crippen molar-refractivity contribution in [3.05, 3.63) is 0 Å². The quantitative estimate of drug-likeness (QED) is 0.777. The molecule has 0 fully saturated rings. The SMILES string of the molecule is CCC(C)NC(=O)N(CCC(=O)O)C(C)(C)C. The van der Waals surface area contributed by atoms with E-state index in [1.165, 1.54) is 0 Å². The number of nitrogens with one attached hydrogen (secondary N) is 1. The molecule has 1 unspecified atom stereocenters. The Morgan fingerprint density at radius 2 is 1.88 bits per heavy atom. The fraction of sp³-hybridized carbons (Fsp3) is 0.833. The summed E-state index contributed by atoms with van der Waals surface area (Å²) in [6, 6.07) is -0.106. The highest BCUT2D eigenvalue weighted by Crippen LogP contribution is 2.14. The summed E-state index contributed by atoms with van der Waals surface area (Å²) in [5.41, 5.74) is -0.382. The van der Waals surface area contributed by atoms with E-state index in [9.17, 15) is 9.59 Å². The van der Waals surface area contributed by atoms with Gasteiger partial charge in [0.25, 0.3) is 0 Å². The van der Waals surface area contributed by atoms with Crippen LogP contribution in [-0.4, -0.2) is 40.1 Å². The first-order chi connectivity index (χ1) is 7.68. The van der Waals surface area contributed by atoms with Gasteiger partial charge in [-0.05, 0) is 34.1 Å². The molecule has 100 valence electrons. The van der Waals surface area contributed by atoms with Gasteiger partial charge in [0.1, 0.15) is 0 Å². The summed E-state index contributed by atoms with van der Waals surface area (Å²) in [6.07, 6.45) is 0.813. The third kappa shape index (κ3) is 6.14. The molecular formula is C12H24N2O3. The number of carbonyl (C=O) groups excluding carboxylic acids is 1. The number of carboxylic acids is 1. The molecule has 0 aliphatic rings. The summed E-state index contributed by atoms with van der Waals surface area (Å²) >= 11 is 0. The van der Waals surface area contributed by atoms with Crippen molar-refractivity contribution in [3.8, 4) is 0 Å². The fourth-order valence-corrected chi connectivity index (χ4v) is 1.34. The van der Waals surface area contributed by atoms with Gasteiger partial charge >= 0.3 is 12.0 Å². The predicted molar refractivity (Wildman–Crippen MR) is 67.0 cm³/mol. The van der Waals surface area contributed by atoms with Crippen LogP contribution >= 0.6 is 0 Å². The van der Waals surface area contributed by atoms with Crippen molar-refractivity contribution in [2.45, 2.75) is 59.0 Å². The van der Waals surface area contributed by atoms with Gasteiger partial charge in [0.2, 0.25) is 0 Å². The van der Waals surface area contributed by atoms with Crippen molar-refractivity contribution in [2.24, 2.45) is 0 Å². The van der Waals surface area contributed by atoms with Crippen LogP contribution in [0.1, 0.15) is 47.5 Å². The smallest absolute Gasteiger partial charge is 0.318 e. The minimum absolute atomic E-state index is 0.0365. The second kappa shape index (κ2) is 6.47. The molecule has 0 heterocycles. The lowest BCUT2D eigenvalue weighted by Gasteiger charge is -2.36. The molecule has 0 saturated heterocycles. The molecule has 0 aromatic rings. The lowest BCUT2D eigenvalue weighted by atomic mass is 10.1. The van der Waals surface area contributed by atoms with Crippen LogP contribution < -0.4 is 5.32 Å². The van der Waals surface area contributed by atoms with E-state index in [1.807, 2.05) is 34.6 Å². The number of hydrogen-bond donors (Lipinski definition) is 2. The van der Waals surface area contributed by atoms with Gasteiger partial charge in [-0.15, -0.1) is 0 Å². The summed E-state index contributed by atoms with van der Waals surface area (Å²) < 4.78 is 0. The average molecular weight is 244 g/mol. The molecule has 0 bridgehead atoms. The number of aliphatic carboxylic acids is 1. The van der Waals surface area contributed by atoms with Crippen molar-refractivity contribution >= 4 is 12.0 Å². The van der Waals surface area contributed by atoms with Gasteiger partial charge in [0.05, 0.1) is 6.42 Å². The number of rotatable bonds is 5. The number of hydrogen-bond acceptors (Lipinski definition) is 2.